The van der Waals surface area contributed by atoms with E-state index in [0.29, 0.717) is 19.6 Å². The molecule has 1 aromatic heterocycles. The zero-order chi connectivity index (χ0) is 23.9. The lowest BCUT2D eigenvalue weighted by molar-refractivity contribution is -0.131. The molecule has 0 aliphatic carbocycles. The number of hydrogen-bond donors (Lipinski definition) is 0. The van der Waals surface area contributed by atoms with E-state index in [2.05, 4.69) is 69.4 Å². The van der Waals surface area contributed by atoms with Gasteiger partial charge in [-0.15, -0.1) is 0 Å². The lowest BCUT2D eigenvalue weighted by Gasteiger charge is -2.40. The Balaban J connectivity index is 1.30. The summed E-state index contributed by atoms with van der Waals surface area (Å²) >= 11 is 0. The second-order valence-corrected chi connectivity index (χ2v) is 8.77. The number of carbonyl (C=O) groups excluding carboxylic acids is 1. The SMILES string of the molecule is O=C(CN(c1ccccc1)c1ccccc1)N1CCN(C(c2ccccc2)c2cccnc2)CC1. The normalized spacial score (nSPS) is 14.9. The van der Waals surface area contributed by atoms with Crippen LogP contribution >= 0.6 is 0 Å². The molecule has 0 bridgehead atoms. The fraction of sp³-hybridized carbons (Fsp3) is 0.200. The number of aromatic nitrogens is 1. The summed E-state index contributed by atoms with van der Waals surface area (Å²) in [6, 6.07) is 35.1. The smallest absolute Gasteiger partial charge is 0.242 e. The monoisotopic (exact) mass is 462 g/mol. The van der Waals surface area contributed by atoms with Gasteiger partial charge in [0.05, 0.1) is 6.04 Å². The largest absolute Gasteiger partial charge is 0.339 e. The maximum atomic E-state index is 13.4. The van der Waals surface area contributed by atoms with Crippen LogP contribution in [0.5, 0.6) is 0 Å². The molecule has 0 radical (unpaired) electrons. The second kappa shape index (κ2) is 11.0. The van der Waals surface area contributed by atoms with Crippen LogP contribution in [-0.2, 0) is 4.79 Å². The van der Waals surface area contributed by atoms with Gasteiger partial charge in [-0.2, -0.15) is 0 Å². The van der Waals surface area contributed by atoms with Crippen molar-refractivity contribution in [3.8, 4) is 0 Å². The summed E-state index contributed by atoms with van der Waals surface area (Å²) in [5.41, 5.74) is 4.47. The van der Waals surface area contributed by atoms with E-state index in [1.165, 1.54) is 11.1 Å². The van der Waals surface area contributed by atoms with Crippen molar-refractivity contribution in [2.45, 2.75) is 6.04 Å². The van der Waals surface area contributed by atoms with Gasteiger partial charge in [0, 0.05) is 49.9 Å². The number of pyridine rings is 1. The molecule has 5 rings (SSSR count). The fourth-order valence-electron chi connectivity index (χ4n) is 4.80. The van der Waals surface area contributed by atoms with Gasteiger partial charge in [0.2, 0.25) is 5.91 Å². The van der Waals surface area contributed by atoms with Crippen molar-refractivity contribution in [3.63, 3.8) is 0 Å². The zero-order valence-corrected chi connectivity index (χ0v) is 19.8. The van der Waals surface area contributed by atoms with Crippen molar-refractivity contribution >= 4 is 17.3 Å². The Kier molecular flexibility index (Phi) is 7.16. The van der Waals surface area contributed by atoms with Crippen LogP contribution in [0.3, 0.4) is 0 Å². The molecule has 1 atom stereocenters. The van der Waals surface area contributed by atoms with Gasteiger partial charge in [-0.25, -0.2) is 0 Å². The van der Waals surface area contributed by atoms with E-state index in [4.69, 9.17) is 0 Å². The van der Waals surface area contributed by atoms with Crippen LogP contribution < -0.4 is 4.90 Å². The number of hydrogen-bond acceptors (Lipinski definition) is 4. The number of piperazine rings is 1. The van der Waals surface area contributed by atoms with E-state index < -0.39 is 0 Å². The Labute approximate surface area is 207 Å². The summed E-state index contributed by atoms with van der Waals surface area (Å²) in [4.78, 5) is 24.3. The van der Waals surface area contributed by atoms with E-state index in [1.807, 2.05) is 65.8 Å². The van der Waals surface area contributed by atoms with Gasteiger partial charge in [-0.05, 0) is 41.5 Å². The van der Waals surface area contributed by atoms with Gasteiger partial charge in [-0.1, -0.05) is 72.8 Å². The molecule has 5 heteroatoms. The molecule has 1 saturated heterocycles. The first-order chi connectivity index (χ1) is 17.3. The second-order valence-electron chi connectivity index (χ2n) is 8.77. The molecular formula is C30H30N4O. The molecule has 2 heterocycles. The van der Waals surface area contributed by atoms with E-state index in [-0.39, 0.29) is 11.9 Å². The highest BCUT2D eigenvalue weighted by Crippen LogP contribution is 2.29. The van der Waals surface area contributed by atoms with E-state index in [9.17, 15) is 4.79 Å². The zero-order valence-electron chi connectivity index (χ0n) is 19.8. The van der Waals surface area contributed by atoms with Crippen LogP contribution in [0.1, 0.15) is 17.2 Å². The standard InChI is InChI=1S/C30H30N4O/c35-29(24-34(27-14-6-2-7-15-27)28-16-8-3-9-17-28)32-19-21-33(22-20-32)30(25-11-4-1-5-12-25)26-13-10-18-31-23-26/h1-18,23,30H,19-22,24H2. The number of benzene rings is 3. The van der Waals surface area contributed by atoms with Crippen LogP contribution in [0.15, 0.2) is 116 Å². The highest BCUT2D eigenvalue weighted by Gasteiger charge is 2.29. The van der Waals surface area contributed by atoms with Gasteiger partial charge < -0.3 is 9.80 Å². The number of nitrogens with zero attached hydrogens (tertiary/aromatic N) is 4. The summed E-state index contributed by atoms with van der Waals surface area (Å²) in [6.07, 6.45) is 3.76. The first-order valence-electron chi connectivity index (χ1n) is 12.1. The van der Waals surface area contributed by atoms with Gasteiger partial charge in [0.25, 0.3) is 0 Å². The highest BCUT2D eigenvalue weighted by atomic mass is 16.2. The Hall–Kier alpha value is -3.96. The third-order valence-electron chi connectivity index (χ3n) is 6.58. The fourth-order valence-corrected chi connectivity index (χ4v) is 4.80. The van der Waals surface area contributed by atoms with Gasteiger partial charge in [-0.3, -0.25) is 14.7 Å². The third kappa shape index (κ3) is 5.42. The third-order valence-corrected chi connectivity index (χ3v) is 6.58. The first kappa shape index (κ1) is 22.8. The maximum absolute atomic E-state index is 13.4. The molecule has 0 saturated carbocycles. The van der Waals surface area contributed by atoms with Crippen molar-refractivity contribution < 1.29 is 4.79 Å². The Morgan fingerprint density at radius 3 is 1.80 bits per heavy atom. The molecule has 5 nitrogen and oxygen atoms in total. The summed E-state index contributed by atoms with van der Waals surface area (Å²) in [7, 11) is 0. The number of carbonyl (C=O) groups is 1. The molecule has 0 spiro atoms. The quantitative estimate of drug-likeness (QED) is 0.381. The molecule has 1 fully saturated rings. The summed E-state index contributed by atoms with van der Waals surface area (Å²) < 4.78 is 0. The van der Waals surface area contributed by atoms with Crippen LogP contribution in [-0.4, -0.2) is 53.4 Å². The maximum Gasteiger partial charge on any atom is 0.242 e. The number of amides is 1. The molecule has 4 aromatic rings. The summed E-state index contributed by atoms with van der Waals surface area (Å²) in [6.45, 7) is 3.37. The van der Waals surface area contributed by atoms with Crippen LogP contribution in [0.25, 0.3) is 0 Å². The molecule has 1 amide bonds. The minimum atomic E-state index is 0.132. The summed E-state index contributed by atoms with van der Waals surface area (Å²) in [5, 5.41) is 0. The molecule has 1 unspecified atom stereocenters. The summed E-state index contributed by atoms with van der Waals surface area (Å²) in [5.74, 6) is 0.148. The van der Waals surface area contributed by atoms with E-state index >= 15 is 0 Å². The van der Waals surface area contributed by atoms with Crippen LogP contribution in [0, 0.1) is 0 Å². The van der Waals surface area contributed by atoms with Crippen LogP contribution in [0.2, 0.25) is 0 Å². The molecule has 1 aliphatic rings. The highest BCUT2D eigenvalue weighted by molar-refractivity contribution is 5.84. The molecule has 35 heavy (non-hydrogen) atoms. The first-order valence-corrected chi connectivity index (χ1v) is 12.1. The van der Waals surface area contributed by atoms with Crippen molar-refractivity contribution in [2.24, 2.45) is 0 Å². The number of anilines is 2. The average molecular weight is 463 g/mol. The van der Waals surface area contributed by atoms with Crippen molar-refractivity contribution in [1.82, 2.24) is 14.8 Å². The molecule has 3 aromatic carbocycles. The van der Waals surface area contributed by atoms with E-state index in [1.54, 1.807) is 0 Å². The van der Waals surface area contributed by atoms with Gasteiger partial charge in [0.1, 0.15) is 6.54 Å². The molecule has 1 aliphatic heterocycles. The topological polar surface area (TPSA) is 39.7 Å². The molecule has 0 N–H and O–H groups in total. The molecular weight excluding hydrogens is 432 g/mol. The Bertz CT molecular complexity index is 1120. The lowest BCUT2D eigenvalue weighted by Crippen LogP contribution is -2.51. The number of rotatable bonds is 7. The van der Waals surface area contributed by atoms with Gasteiger partial charge in [0.15, 0.2) is 0 Å². The lowest BCUT2D eigenvalue weighted by atomic mass is 9.97. The van der Waals surface area contributed by atoms with Crippen molar-refractivity contribution in [2.75, 3.05) is 37.6 Å². The van der Waals surface area contributed by atoms with Crippen molar-refractivity contribution in [1.29, 1.82) is 0 Å². The minimum absolute atomic E-state index is 0.132. The van der Waals surface area contributed by atoms with Crippen LogP contribution in [0.4, 0.5) is 11.4 Å². The average Bonchev–Trinajstić information content (AvgIpc) is 2.94. The van der Waals surface area contributed by atoms with E-state index in [0.717, 1.165) is 24.5 Å². The van der Waals surface area contributed by atoms with Gasteiger partial charge >= 0.3 is 0 Å². The predicted octanol–water partition coefficient (Wildman–Crippen LogP) is 5.15. The predicted molar refractivity (Wildman–Crippen MR) is 141 cm³/mol. The number of para-hydroxylation sites is 2. The Morgan fingerprint density at radius 1 is 0.714 bits per heavy atom. The Morgan fingerprint density at radius 2 is 1.26 bits per heavy atom. The minimum Gasteiger partial charge on any atom is -0.339 e. The molecule has 176 valence electrons. The van der Waals surface area contributed by atoms with Crippen molar-refractivity contribution in [3.05, 3.63) is 127 Å².